The van der Waals surface area contributed by atoms with Crippen LogP contribution in [0.4, 0.5) is 4.79 Å². The van der Waals surface area contributed by atoms with Gasteiger partial charge in [-0.25, -0.2) is 4.79 Å². The Bertz CT molecular complexity index is 756. The van der Waals surface area contributed by atoms with Gasteiger partial charge in [0.2, 0.25) is 5.91 Å². The van der Waals surface area contributed by atoms with Crippen molar-refractivity contribution in [2.75, 3.05) is 26.2 Å². The molecular weight excluding hydrogens is 460 g/mol. The highest BCUT2D eigenvalue weighted by Crippen LogP contribution is 2.17. The molecule has 1 heterocycles. The second-order valence-electron chi connectivity index (χ2n) is 8.26. The number of amides is 4. The van der Waals surface area contributed by atoms with Gasteiger partial charge in [-0.2, -0.15) is 0 Å². The molecule has 172 valence electrons. The van der Waals surface area contributed by atoms with E-state index in [9.17, 15) is 14.4 Å². The average molecular weight is 495 g/mol. The van der Waals surface area contributed by atoms with E-state index in [1.807, 2.05) is 20.8 Å². The first-order valence-electron chi connectivity index (χ1n) is 11.2. The SMILES string of the molecule is CCCCNC(=O)N1CCN(C(=O)C(NC(=O)c2ccc(Br)cc2)C(C)CC)CC1C. The molecule has 3 atom stereocenters. The summed E-state index contributed by atoms with van der Waals surface area (Å²) in [7, 11) is 0. The van der Waals surface area contributed by atoms with Crippen LogP contribution in [0, 0.1) is 5.92 Å². The molecule has 1 aromatic carbocycles. The molecule has 0 aliphatic carbocycles. The first kappa shape index (κ1) is 25.2. The molecule has 0 aromatic heterocycles. The third-order valence-corrected chi connectivity index (χ3v) is 6.41. The van der Waals surface area contributed by atoms with Crippen LogP contribution < -0.4 is 10.6 Å². The van der Waals surface area contributed by atoms with E-state index in [1.54, 1.807) is 34.1 Å². The number of benzene rings is 1. The number of halogens is 1. The summed E-state index contributed by atoms with van der Waals surface area (Å²) >= 11 is 3.37. The van der Waals surface area contributed by atoms with Gasteiger partial charge >= 0.3 is 6.03 Å². The molecule has 0 radical (unpaired) electrons. The number of unbranched alkanes of at least 4 members (excludes halogenated alkanes) is 1. The molecule has 3 unspecified atom stereocenters. The molecular formula is C23H35BrN4O3. The number of urea groups is 1. The van der Waals surface area contributed by atoms with E-state index in [0.717, 1.165) is 23.7 Å². The lowest BCUT2D eigenvalue weighted by Crippen LogP contribution is -2.61. The molecule has 1 aromatic rings. The van der Waals surface area contributed by atoms with Gasteiger partial charge in [0, 0.05) is 42.3 Å². The lowest BCUT2D eigenvalue weighted by atomic mass is 9.96. The van der Waals surface area contributed by atoms with E-state index >= 15 is 0 Å². The first-order valence-corrected chi connectivity index (χ1v) is 12.0. The molecule has 2 N–H and O–H groups in total. The maximum Gasteiger partial charge on any atom is 0.317 e. The molecule has 1 saturated heterocycles. The molecule has 31 heavy (non-hydrogen) atoms. The Kier molecular flexibility index (Phi) is 9.81. The third kappa shape index (κ3) is 6.95. The highest BCUT2D eigenvalue weighted by Gasteiger charge is 2.35. The Morgan fingerprint density at radius 3 is 2.42 bits per heavy atom. The minimum absolute atomic E-state index is 0.00224. The van der Waals surface area contributed by atoms with Gasteiger partial charge in [0.1, 0.15) is 6.04 Å². The second kappa shape index (κ2) is 12.1. The maximum atomic E-state index is 13.3. The fraction of sp³-hybridized carbons (Fsp3) is 0.609. The van der Waals surface area contributed by atoms with Crippen LogP contribution in [-0.4, -0.2) is 65.9 Å². The fourth-order valence-electron chi connectivity index (χ4n) is 3.64. The molecule has 0 spiro atoms. The van der Waals surface area contributed by atoms with E-state index in [2.05, 4.69) is 33.5 Å². The summed E-state index contributed by atoms with van der Waals surface area (Å²) < 4.78 is 0.893. The summed E-state index contributed by atoms with van der Waals surface area (Å²) in [5.41, 5.74) is 0.520. The minimum Gasteiger partial charge on any atom is -0.340 e. The zero-order chi connectivity index (χ0) is 23.0. The van der Waals surface area contributed by atoms with Crippen LogP contribution in [0.3, 0.4) is 0 Å². The van der Waals surface area contributed by atoms with Crippen molar-refractivity contribution in [3.8, 4) is 0 Å². The summed E-state index contributed by atoms with van der Waals surface area (Å²) in [6, 6.07) is 6.32. The number of piperazine rings is 1. The van der Waals surface area contributed by atoms with E-state index in [1.165, 1.54) is 0 Å². The van der Waals surface area contributed by atoms with Crippen LogP contribution in [0.15, 0.2) is 28.7 Å². The van der Waals surface area contributed by atoms with Gasteiger partial charge in [-0.1, -0.05) is 49.5 Å². The van der Waals surface area contributed by atoms with Gasteiger partial charge in [0.15, 0.2) is 0 Å². The van der Waals surface area contributed by atoms with Gasteiger partial charge < -0.3 is 20.4 Å². The van der Waals surface area contributed by atoms with Gasteiger partial charge in [0.25, 0.3) is 5.91 Å². The average Bonchev–Trinajstić information content (AvgIpc) is 2.76. The number of nitrogens with zero attached hydrogens (tertiary/aromatic N) is 2. The van der Waals surface area contributed by atoms with Crippen molar-refractivity contribution in [3.63, 3.8) is 0 Å². The van der Waals surface area contributed by atoms with Crippen LogP contribution in [0.25, 0.3) is 0 Å². The smallest absolute Gasteiger partial charge is 0.317 e. The number of hydrogen-bond acceptors (Lipinski definition) is 3. The second-order valence-corrected chi connectivity index (χ2v) is 9.17. The Labute approximate surface area is 194 Å². The van der Waals surface area contributed by atoms with E-state index in [0.29, 0.717) is 31.7 Å². The van der Waals surface area contributed by atoms with Crippen LogP contribution in [0.5, 0.6) is 0 Å². The van der Waals surface area contributed by atoms with Crippen LogP contribution in [0.1, 0.15) is 57.3 Å². The topological polar surface area (TPSA) is 81.8 Å². The number of hydrogen-bond donors (Lipinski definition) is 2. The first-order chi connectivity index (χ1) is 14.8. The lowest BCUT2D eigenvalue weighted by Gasteiger charge is -2.41. The molecule has 4 amide bonds. The van der Waals surface area contributed by atoms with Crippen LogP contribution in [0.2, 0.25) is 0 Å². The zero-order valence-electron chi connectivity index (χ0n) is 19.0. The van der Waals surface area contributed by atoms with E-state index in [-0.39, 0.29) is 29.8 Å². The molecule has 1 aliphatic rings. The van der Waals surface area contributed by atoms with Crippen LogP contribution in [-0.2, 0) is 4.79 Å². The number of carbonyl (C=O) groups excluding carboxylic acids is 3. The van der Waals surface area contributed by atoms with Crippen molar-refractivity contribution < 1.29 is 14.4 Å². The summed E-state index contributed by atoms with van der Waals surface area (Å²) in [6.07, 6.45) is 2.75. The predicted octanol–water partition coefficient (Wildman–Crippen LogP) is 3.64. The monoisotopic (exact) mass is 494 g/mol. The largest absolute Gasteiger partial charge is 0.340 e. The van der Waals surface area contributed by atoms with E-state index in [4.69, 9.17) is 0 Å². The van der Waals surface area contributed by atoms with Crippen molar-refractivity contribution in [3.05, 3.63) is 34.3 Å². The van der Waals surface area contributed by atoms with Crippen molar-refractivity contribution >= 4 is 33.8 Å². The van der Waals surface area contributed by atoms with Crippen molar-refractivity contribution in [2.45, 2.75) is 59.0 Å². The van der Waals surface area contributed by atoms with Crippen molar-refractivity contribution in [1.82, 2.24) is 20.4 Å². The van der Waals surface area contributed by atoms with Gasteiger partial charge in [-0.15, -0.1) is 0 Å². The maximum absolute atomic E-state index is 13.3. The molecule has 0 bridgehead atoms. The highest BCUT2D eigenvalue weighted by molar-refractivity contribution is 9.10. The number of nitrogens with one attached hydrogen (secondary N) is 2. The summed E-state index contributed by atoms with van der Waals surface area (Å²) in [5, 5.41) is 5.89. The lowest BCUT2D eigenvalue weighted by molar-refractivity contribution is -0.136. The third-order valence-electron chi connectivity index (χ3n) is 5.88. The Morgan fingerprint density at radius 1 is 1.16 bits per heavy atom. The predicted molar refractivity (Wildman–Crippen MR) is 126 cm³/mol. The Balaban J connectivity index is 2.02. The summed E-state index contributed by atoms with van der Waals surface area (Å²) in [4.78, 5) is 42.1. The molecule has 1 fully saturated rings. The normalized spacial score (nSPS) is 18.3. The van der Waals surface area contributed by atoms with E-state index < -0.39 is 6.04 Å². The molecule has 0 saturated carbocycles. The Morgan fingerprint density at radius 2 is 1.84 bits per heavy atom. The standard InChI is InChI=1S/C23H35BrN4O3/c1-5-7-12-25-23(31)28-14-13-27(15-17(28)4)22(30)20(16(3)6-2)26-21(29)18-8-10-19(24)11-9-18/h8-11,16-17,20H,5-7,12-15H2,1-4H3,(H,25,31)(H,26,29). The zero-order valence-corrected chi connectivity index (χ0v) is 20.6. The van der Waals surface area contributed by atoms with Gasteiger partial charge in [-0.05, 0) is 43.5 Å². The number of rotatable bonds is 8. The number of carbonyl (C=O) groups is 3. The molecule has 7 nitrogen and oxygen atoms in total. The minimum atomic E-state index is -0.599. The van der Waals surface area contributed by atoms with Gasteiger partial charge in [0.05, 0.1) is 0 Å². The summed E-state index contributed by atoms with van der Waals surface area (Å²) in [5.74, 6) is -0.344. The van der Waals surface area contributed by atoms with Gasteiger partial charge in [-0.3, -0.25) is 9.59 Å². The van der Waals surface area contributed by atoms with Crippen LogP contribution >= 0.6 is 15.9 Å². The highest BCUT2D eigenvalue weighted by atomic mass is 79.9. The fourth-order valence-corrected chi connectivity index (χ4v) is 3.90. The summed E-state index contributed by atoms with van der Waals surface area (Å²) in [6.45, 7) is 10.1. The molecule has 1 aliphatic heterocycles. The van der Waals surface area contributed by atoms with Crippen molar-refractivity contribution in [1.29, 1.82) is 0 Å². The van der Waals surface area contributed by atoms with Crippen molar-refractivity contribution in [2.24, 2.45) is 5.92 Å². The molecule has 2 rings (SSSR count). The molecule has 8 heteroatoms. The quantitative estimate of drug-likeness (QED) is 0.541. The Hall–Kier alpha value is -2.09.